The molecule has 1 aromatic carbocycles. The fourth-order valence-electron chi connectivity index (χ4n) is 3.28. The molecule has 0 aliphatic carbocycles. The average molecular weight is 324 g/mol. The molecule has 2 aliphatic rings. The SMILES string of the molecule is Cc1cc2c(c3c1NCC(C)(C)C3)OC(CBr)C2C. The number of halogens is 1. The van der Waals surface area contributed by atoms with E-state index in [-0.39, 0.29) is 6.10 Å². The minimum atomic E-state index is 0.269. The summed E-state index contributed by atoms with van der Waals surface area (Å²) in [6, 6.07) is 2.31. The average Bonchev–Trinajstić information content (AvgIpc) is 2.66. The van der Waals surface area contributed by atoms with E-state index in [1.807, 2.05) is 0 Å². The fraction of sp³-hybridized carbons (Fsp3) is 0.625. The molecule has 0 amide bonds. The molecule has 0 fully saturated rings. The van der Waals surface area contributed by atoms with Crippen molar-refractivity contribution in [2.24, 2.45) is 5.41 Å². The Morgan fingerprint density at radius 1 is 1.47 bits per heavy atom. The van der Waals surface area contributed by atoms with E-state index in [1.54, 1.807) is 0 Å². The van der Waals surface area contributed by atoms with Crippen LogP contribution < -0.4 is 10.1 Å². The first-order valence-electron chi connectivity index (χ1n) is 7.06. The Labute approximate surface area is 124 Å². The van der Waals surface area contributed by atoms with Gasteiger partial charge in [0.05, 0.1) is 0 Å². The zero-order valence-corrected chi connectivity index (χ0v) is 13.7. The number of aryl methyl sites for hydroxylation is 1. The van der Waals surface area contributed by atoms with Gasteiger partial charge in [-0.15, -0.1) is 0 Å². The lowest BCUT2D eigenvalue weighted by atomic mass is 9.79. The lowest BCUT2D eigenvalue weighted by molar-refractivity contribution is 0.234. The van der Waals surface area contributed by atoms with E-state index in [2.05, 4.69) is 55.0 Å². The maximum Gasteiger partial charge on any atom is 0.128 e. The lowest BCUT2D eigenvalue weighted by Gasteiger charge is -2.34. The molecular formula is C16H22BrNO. The zero-order valence-electron chi connectivity index (χ0n) is 12.1. The predicted octanol–water partition coefficient (Wildman–Crippen LogP) is 4.25. The maximum absolute atomic E-state index is 6.23. The van der Waals surface area contributed by atoms with Gasteiger partial charge in [-0.2, -0.15) is 0 Å². The van der Waals surface area contributed by atoms with Gasteiger partial charge >= 0.3 is 0 Å². The molecule has 0 aromatic heterocycles. The Hall–Kier alpha value is -0.700. The molecule has 1 N–H and O–H groups in total. The quantitative estimate of drug-likeness (QED) is 0.780. The van der Waals surface area contributed by atoms with Gasteiger partial charge in [0, 0.05) is 34.6 Å². The number of hydrogen-bond donors (Lipinski definition) is 1. The maximum atomic E-state index is 6.23. The van der Waals surface area contributed by atoms with Crippen LogP contribution in [0.15, 0.2) is 6.07 Å². The number of alkyl halides is 1. The van der Waals surface area contributed by atoms with Crippen LogP contribution in [0, 0.1) is 12.3 Å². The zero-order chi connectivity index (χ0) is 13.8. The lowest BCUT2D eigenvalue weighted by Crippen LogP contribution is -2.31. The molecule has 0 spiro atoms. The largest absolute Gasteiger partial charge is 0.488 e. The highest BCUT2D eigenvalue weighted by molar-refractivity contribution is 9.09. The number of fused-ring (bicyclic) bond motifs is 3. The molecular weight excluding hydrogens is 302 g/mol. The summed E-state index contributed by atoms with van der Waals surface area (Å²) in [5, 5.41) is 4.50. The second-order valence-electron chi connectivity index (χ2n) is 6.76. The van der Waals surface area contributed by atoms with Gasteiger partial charge in [-0.25, -0.2) is 0 Å². The third kappa shape index (κ3) is 2.06. The van der Waals surface area contributed by atoms with Gasteiger partial charge < -0.3 is 10.1 Å². The number of anilines is 1. The second-order valence-corrected chi connectivity index (χ2v) is 7.41. The molecule has 0 radical (unpaired) electrons. The van der Waals surface area contributed by atoms with Crippen LogP contribution in [0.3, 0.4) is 0 Å². The van der Waals surface area contributed by atoms with Gasteiger partial charge in [0.25, 0.3) is 0 Å². The van der Waals surface area contributed by atoms with Crippen molar-refractivity contribution in [2.45, 2.75) is 46.1 Å². The van der Waals surface area contributed by atoms with E-state index in [4.69, 9.17) is 4.74 Å². The van der Waals surface area contributed by atoms with Gasteiger partial charge in [-0.3, -0.25) is 0 Å². The van der Waals surface area contributed by atoms with Crippen molar-refractivity contribution in [1.29, 1.82) is 0 Å². The molecule has 3 rings (SSSR count). The minimum absolute atomic E-state index is 0.269. The molecule has 2 atom stereocenters. The summed E-state index contributed by atoms with van der Waals surface area (Å²) in [6.07, 6.45) is 1.37. The Balaban J connectivity index is 2.13. The van der Waals surface area contributed by atoms with Crippen molar-refractivity contribution in [3.8, 4) is 5.75 Å². The summed E-state index contributed by atoms with van der Waals surface area (Å²) in [5.41, 5.74) is 5.74. The first-order valence-corrected chi connectivity index (χ1v) is 8.18. The molecule has 2 nitrogen and oxygen atoms in total. The van der Waals surface area contributed by atoms with Gasteiger partial charge in [-0.05, 0) is 30.4 Å². The monoisotopic (exact) mass is 323 g/mol. The fourth-order valence-corrected chi connectivity index (χ4v) is 3.97. The molecule has 0 saturated heterocycles. The van der Waals surface area contributed by atoms with Gasteiger partial charge in [0.2, 0.25) is 0 Å². The highest BCUT2D eigenvalue weighted by atomic mass is 79.9. The Bertz CT molecular complexity index is 524. The standard InChI is InChI=1S/C16H22BrNO/c1-9-5-11-10(2)13(7-17)19-15(11)12-6-16(3,4)8-18-14(9)12/h5,10,13,18H,6-8H2,1-4H3. The number of ether oxygens (including phenoxy) is 1. The molecule has 19 heavy (non-hydrogen) atoms. The van der Waals surface area contributed by atoms with Crippen LogP contribution in [-0.4, -0.2) is 18.0 Å². The molecule has 2 unspecified atom stereocenters. The van der Waals surface area contributed by atoms with Crippen LogP contribution >= 0.6 is 15.9 Å². The summed E-state index contributed by atoms with van der Waals surface area (Å²) < 4.78 is 6.23. The number of hydrogen-bond acceptors (Lipinski definition) is 2. The van der Waals surface area contributed by atoms with E-state index >= 15 is 0 Å². The van der Waals surface area contributed by atoms with E-state index < -0.39 is 0 Å². The highest BCUT2D eigenvalue weighted by Gasteiger charge is 2.37. The molecule has 0 saturated carbocycles. The first kappa shape index (κ1) is 13.3. The summed E-state index contributed by atoms with van der Waals surface area (Å²) in [6.45, 7) is 10.1. The van der Waals surface area contributed by atoms with Crippen molar-refractivity contribution in [1.82, 2.24) is 0 Å². The van der Waals surface area contributed by atoms with Crippen LogP contribution in [0.4, 0.5) is 5.69 Å². The number of rotatable bonds is 1. The van der Waals surface area contributed by atoms with Crippen LogP contribution in [-0.2, 0) is 6.42 Å². The third-order valence-corrected chi connectivity index (χ3v) is 5.11. The van der Waals surface area contributed by atoms with Gasteiger partial charge in [-0.1, -0.05) is 36.7 Å². The van der Waals surface area contributed by atoms with E-state index in [0.717, 1.165) is 24.0 Å². The van der Waals surface area contributed by atoms with Crippen molar-refractivity contribution in [3.63, 3.8) is 0 Å². The summed E-state index contributed by atoms with van der Waals surface area (Å²) in [5.74, 6) is 1.63. The Morgan fingerprint density at radius 2 is 2.21 bits per heavy atom. The minimum Gasteiger partial charge on any atom is -0.488 e. The van der Waals surface area contributed by atoms with Crippen LogP contribution in [0.5, 0.6) is 5.75 Å². The molecule has 1 aromatic rings. The second kappa shape index (κ2) is 4.41. The van der Waals surface area contributed by atoms with E-state index in [9.17, 15) is 0 Å². The summed E-state index contributed by atoms with van der Waals surface area (Å²) in [7, 11) is 0. The first-order chi connectivity index (χ1) is 8.93. The number of benzene rings is 1. The van der Waals surface area contributed by atoms with E-state index in [1.165, 1.54) is 22.4 Å². The van der Waals surface area contributed by atoms with Crippen molar-refractivity contribution in [3.05, 3.63) is 22.8 Å². The van der Waals surface area contributed by atoms with E-state index in [0.29, 0.717) is 11.3 Å². The van der Waals surface area contributed by atoms with Gasteiger partial charge in [0.15, 0.2) is 0 Å². The molecule has 3 heteroatoms. The van der Waals surface area contributed by atoms with Crippen molar-refractivity contribution >= 4 is 21.6 Å². The predicted molar refractivity (Wildman–Crippen MR) is 83.8 cm³/mol. The summed E-state index contributed by atoms with van der Waals surface area (Å²) in [4.78, 5) is 0. The number of nitrogens with one attached hydrogen (secondary N) is 1. The molecule has 0 bridgehead atoms. The highest BCUT2D eigenvalue weighted by Crippen LogP contribution is 2.48. The molecule has 2 aliphatic heterocycles. The topological polar surface area (TPSA) is 21.3 Å². The van der Waals surface area contributed by atoms with Crippen molar-refractivity contribution in [2.75, 3.05) is 17.2 Å². The Morgan fingerprint density at radius 3 is 2.89 bits per heavy atom. The molecule has 104 valence electrons. The summed E-state index contributed by atoms with van der Waals surface area (Å²) >= 11 is 3.57. The normalized spacial score (nSPS) is 27.2. The van der Waals surface area contributed by atoms with Crippen molar-refractivity contribution < 1.29 is 4.74 Å². The van der Waals surface area contributed by atoms with Gasteiger partial charge in [0.1, 0.15) is 11.9 Å². The van der Waals surface area contributed by atoms with Crippen LogP contribution in [0.1, 0.15) is 43.4 Å². The third-order valence-electron chi connectivity index (χ3n) is 4.47. The van der Waals surface area contributed by atoms with Crippen LogP contribution in [0.2, 0.25) is 0 Å². The molecule has 2 heterocycles. The van der Waals surface area contributed by atoms with Crippen LogP contribution in [0.25, 0.3) is 0 Å². The smallest absolute Gasteiger partial charge is 0.128 e. The Kier molecular flexibility index (Phi) is 3.08.